The summed E-state index contributed by atoms with van der Waals surface area (Å²) in [5.41, 5.74) is 0.734. The van der Waals surface area contributed by atoms with Crippen LogP contribution in [-0.4, -0.2) is 26.4 Å². The minimum Gasteiger partial charge on any atom is -0.497 e. The molecule has 0 atom stereocenters. The first kappa shape index (κ1) is 23.8. The van der Waals surface area contributed by atoms with E-state index in [-0.39, 0.29) is 21.3 Å². The van der Waals surface area contributed by atoms with E-state index in [0.29, 0.717) is 17.0 Å². The van der Waals surface area contributed by atoms with Crippen LogP contribution in [0.5, 0.6) is 5.75 Å². The van der Waals surface area contributed by atoms with Crippen molar-refractivity contribution >= 4 is 50.7 Å². The molecule has 0 saturated carbocycles. The number of rotatable bonds is 8. The number of sulfonamides is 1. The molecule has 0 spiro atoms. The van der Waals surface area contributed by atoms with E-state index in [0.717, 1.165) is 0 Å². The Hall–Kier alpha value is -3.89. The zero-order valence-electron chi connectivity index (χ0n) is 17.2. The van der Waals surface area contributed by atoms with E-state index in [1.54, 1.807) is 24.3 Å². The van der Waals surface area contributed by atoms with Gasteiger partial charge in [-0.1, -0.05) is 23.7 Å². The maximum absolute atomic E-state index is 12.7. The number of halogens is 1. The minimum atomic E-state index is -3.90. The average molecular weight is 488 g/mol. The molecule has 3 rings (SSSR count). The molecule has 0 aliphatic heterocycles. The summed E-state index contributed by atoms with van der Waals surface area (Å²) in [4.78, 5) is 22.6. The Kier molecular flexibility index (Phi) is 7.31. The summed E-state index contributed by atoms with van der Waals surface area (Å²) < 4.78 is 32.9. The van der Waals surface area contributed by atoms with Gasteiger partial charge < -0.3 is 10.1 Å². The third-order valence-corrected chi connectivity index (χ3v) is 6.05. The summed E-state index contributed by atoms with van der Waals surface area (Å²) in [5, 5.41) is 13.5. The number of carbonyl (C=O) groups is 1. The normalized spacial score (nSPS) is 11.2. The van der Waals surface area contributed by atoms with Gasteiger partial charge in [-0.15, -0.1) is 0 Å². The molecule has 3 aromatic rings. The van der Waals surface area contributed by atoms with Gasteiger partial charge in [0.15, 0.2) is 0 Å². The van der Waals surface area contributed by atoms with E-state index in [4.69, 9.17) is 16.3 Å². The molecule has 11 heteroatoms. The molecule has 170 valence electrons. The highest BCUT2D eigenvalue weighted by Gasteiger charge is 2.15. The molecule has 0 fully saturated rings. The number of hydrogen-bond acceptors (Lipinski definition) is 6. The monoisotopic (exact) mass is 487 g/mol. The summed E-state index contributed by atoms with van der Waals surface area (Å²) in [7, 11) is -2.39. The number of nitro benzene ring substituents is 1. The van der Waals surface area contributed by atoms with E-state index < -0.39 is 20.9 Å². The molecule has 0 saturated heterocycles. The molecular weight excluding hydrogens is 470 g/mol. The van der Waals surface area contributed by atoms with Gasteiger partial charge in [0.1, 0.15) is 10.8 Å². The number of hydrogen-bond donors (Lipinski definition) is 2. The quantitative estimate of drug-likeness (QED) is 0.269. The second-order valence-corrected chi connectivity index (χ2v) is 8.74. The lowest BCUT2D eigenvalue weighted by Crippen LogP contribution is -2.14. The second-order valence-electron chi connectivity index (χ2n) is 6.65. The van der Waals surface area contributed by atoms with E-state index in [9.17, 15) is 23.3 Å². The van der Waals surface area contributed by atoms with Crippen molar-refractivity contribution in [1.82, 2.24) is 0 Å². The summed E-state index contributed by atoms with van der Waals surface area (Å²) in [6.45, 7) is 0. The topological polar surface area (TPSA) is 128 Å². The third-order valence-electron chi connectivity index (χ3n) is 4.35. The second kappa shape index (κ2) is 10.2. The molecule has 0 aliphatic carbocycles. The summed E-state index contributed by atoms with van der Waals surface area (Å²) >= 11 is 5.77. The number of nitrogens with zero attached hydrogens (tertiary/aromatic N) is 1. The van der Waals surface area contributed by atoms with Crippen molar-refractivity contribution in [3.8, 4) is 5.75 Å². The van der Waals surface area contributed by atoms with Crippen molar-refractivity contribution in [2.75, 3.05) is 17.1 Å². The van der Waals surface area contributed by atoms with Crippen LogP contribution >= 0.6 is 11.6 Å². The molecule has 3 aromatic carbocycles. The summed E-state index contributed by atoms with van der Waals surface area (Å²) in [6, 6.07) is 16.2. The highest BCUT2D eigenvalue weighted by atomic mass is 35.5. The summed E-state index contributed by atoms with van der Waals surface area (Å²) in [6.07, 6.45) is 2.55. The number of ether oxygens (including phenoxy) is 1. The lowest BCUT2D eigenvalue weighted by atomic mass is 10.2. The Balaban J connectivity index is 1.71. The number of anilines is 2. The zero-order valence-corrected chi connectivity index (χ0v) is 18.8. The predicted octanol–water partition coefficient (Wildman–Crippen LogP) is 4.71. The molecule has 0 radical (unpaired) electrons. The van der Waals surface area contributed by atoms with Crippen LogP contribution in [0.25, 0.3) is 6.08 Å². The van der Waals surface area contributed by atoms with Crippen molar-refractivity contribution < 1.29 is 22.9 Å². The molecule has 9 nitrogen and oxygen atoms in total. The van der Waals surface area contributed by atoms with Crippen LogP contribution < -0.4 is 14.8 Å². The van der Waals surface area contributed by atoms with Gasteiger partial charge in [0.25, 0.3) is 15.7 Å². The van der Waals surface area contributed by atoms with Gasteiger partial charge >= 0.3 is 0 Å². The molecule has 2 N–H and O–H groups in total. The maximum atomic E-state index is 12.7. The number of amides is 1. The molecule has 0 aliphatic rings. The van der Waals surface area contributed by atoms with Crippen LogP contribution in [0.3, 0.4) is 0 Å². The molecule has 0 unspecified atom stereocenters. The lowest BCUT2D eigenvalue weighted by molar-refractivity contribution is -0.384. The van der Waals surface area contributed by atoms with Crippen LogP contribution in [0.4, 0.5) is 17.1 Å². The third kappa shape index (κ3) is 6.31. The Labute approximate surface area is 194 Å². The van der Waals surface area contributed by atoms with Crippen LogP contribution in [0, 0.1) is 10.1 Å². The largest absolute Gasteiger partial charge is 0.497 e. The number of carbonyl (C=O) groups excluding carboxylic acids is 1. The first-order valence-corrected chi connectivity index (χ1v) is 11.2. The number of methoxy groups -OCH3 is 1. The molecule has 0 aromatic heterocycles. The fourth-order valence-corrected chi connectivity index (χ4v) is 4.03. The SMILES string of the molecule is COc1ccc(NS(=O)(=O)c2cccc(NC(=O)/C=C/c3ccc(Cl)c([N+](=O)[O-])c3)c2)cc1. The van der Waals surface area contributed by atoms with Gasteiger partial charge in [-0.25, -0.2) is 8.42 Å². The molecule has 33 heavy (non-hydrogen) atoms. The van der Waals surface area contributed by atoms with Crippen LogP contribution in [0.1, 0.15) is 5.56 Å². The average Bonchev–Trinajstić information content (AvgIpc) is 2.79. The van der Waals surface area contributed by atoms with E-state index in [1.807, 2.05) is 0 Å². The van der Waals surface area contributed by atoms with Gasteiger partial charge in [0, 0.05) is 23.5 Å². The van der Waals surface area contributed by atoms with Crippen LogP contribution in [-0.2, 0) is 14.8 Å². The zero-order chi connectivity index (χ0) is 24.0. The fraction of sp³-hybridized carbons (Fsp3) is 0.0455. The van der Waals surface area contributed by atoms with Crippen molar-refractivity contribution in [2.45, 2.75) is 4.90 Å². The molecular formula is C22H18ClN3O6S. The Morgan fingerprint density at radius 3 is 2.45 bits per heavy atom. The highest BCUT2D eigenvalue weighted by Crippen LogP contribution is 2.26. The number of nitro groups is 1. The van der Waals surface area contributed by atoms with Crippen LogP contribution in [0.2, 0.25) is 5.02 Å². The van der Waals surface area contributed by atoms with Gasteiger partial charge in [-0.05, 0) is 60.2 Å². The number of benzene rings is 3. The Morgan fingerprint density at radius 1 is 1.06 bits per heavy atom. The van der Waals surface area contributed by atoms with E-state index >= 15 is 0 Å². The minimum absolute atomic E-state index is 0.0112. The first-order valence-electron chi connectivity index (χ1n) is 9.38. The van der Waals surface area contributed by atoms with Gasteiger partial charge in [-0.2, -0.15) is 0 Å². The van der Waals surface area contributed by atoms with Gasteiger partial charge in [-0.3, -0.25) is 19.6 Å². The Morgan fingerprint density at radius 2 is 1.79 bits per heavy atom. The highest BCUT2D eigenvalue weighted by molar-refractivity contribution is 7.92. The van der Waals surface area contributed by atoms with Crippen molar-refractivity contribution in [3.05, 3.63) is 93.5 Å². The predicted molar refractivity (Wildman–Crippen MR) is 126 cm³/mol. The molecule has 0 heterocycles. The van der Waals surface area contributed by atoms with Gasteiger partial charge in [0.2, 0.25) is 5.91 Å². The number of nitrogens with one attached hydrogen (secondary N) is 2. The van der Waals surface area contributed by atoms with Gasteiger partial charge in [0.05, 0.1) is 16.9 Å². The standard InChI is InChI=1S/C22H18ClN3O6S/c1-32-18-9-7-16(8-10-18)25-33(30,31)19-4-2-3-17(14-19)24-22(27)12-6-15-5-11-20(23)21(13-15)26(28)29/h2-14,25H,1H3,(H,24,27)/b12-6+. The maximum Gasteiger partial charge on any atom is 0.288 e. The van der Waals surface area contributed by atoms with Crippen molar-refractivity contribution in [1.29, 1.82) is 0 Å². The van der Waals surface area contributed by atoms with E-state index in [2.05, 4.69) is 10.0 Å². The Bertz CT molecular complexity index is 1320. The van der Waals surface area contributed by atoms with E-state index in [1.165, 1.54) is 61.7 Å². The van der Waals surface area contributed by atoms with Crippen molar-refractivity contribution in [2.24, 2.45) is 0 Å². The smallest absolute Gasteiger partial charge is 0.288 e. The van der Waals surface area contributed by atoms with Crippen LogP contribution in [0.15, 0.2) is 77.7 Å². The fourth-order valence-electron chi connectivity index (χ4n) is 2.74. The first-order chi connectivity index (χ1) is 15.7. The molecule has 1 amide bonds. The lowest BCUT2D eigenvalue weighted by Gasteiger charge is -2.10. The van der Waals surface area contributed by atoms with Crippen molar-refractivity contribution in [3.63, 3.8) is 0 Å². The summed E-state index contributed by atoms with van der Waals surface area (Å²) in [5.74, 6) is 0.0363. The molecule has 0 bridgehead atoms.